The van der Waals surface area contributed by atoms with Gasteiger partial charge in [0.2, 0.25) is 0 Å². The second-order valence-corrected chi connectivity index (χ2v) is 5.85. The third-order valence-electron chi connectivity index (χ3n) is 4.25. The summed E-state index contributed by atoms with van der Waals surface area (Å²) in [6.07, 6.45) is 2.26. The van der Waals surface area contributed by atoms with Crippen molar-refractivity contribution in [2.75, 3.05) is 13.2 Å². The van der Waals surface area contributed by atoms with Gasteiger partial charge >= 0.3 is 0 Å². The van der Waals surface area contributed by atoms with Crippen molar-refractivity contribution in [3.05, 3.63) is 35.1 Å². The average Bonchev–Trinajstić information content (AvgIpc) is 3.24. The first-order valence-electron chi connectivity index (χ1n) is 7.16. The van der Waals surface area contributed by atoms with Crippen molar-refractivity contribution >= 4 is 5.91 Å². The molecule has 1 aliphatic carbocycles. The van der Waals surface area contributed by atoms with Gasteiger partial charge in [0.1, 0.15) is 12.4 Å². The lowest BCUT2D eigenvalue weighted by Gasteiger charge is -2.20. The third kappa shape index (κ3) is 3.62. The molecule has 2 N–H and O–H groups in total. The summed E-state index contributed by atoms with van der Waals surface area (Å²) in [5, 5.41) is 11.7. The Kier molecular flexibility index (Phi) is 4.64. The molecule has 0 bridgehead atoms. The molecule has 0 heterocycles. The molecule has 2 rings (SSSR count). The first kappa shape index (κ1) is 15.5. The van der Waals surface area contributed by atoms with Gasteiger partial charge in [-0.15, -0.1) is 0 Å². The van der Waals surface area contributed by atoms with Gasteiger partial charge in [-0.3, -0.25) is 4.79 Å². The van der Waals surface area contributed by atoms with Crippen LogP contribution in [0.5, 0.6) is 0 Å². The lowest BCUT2D eigenvalue weighted by atomic mass is 9.92. The van der Waals surface area contributed by atoms with Gasteiger partial charge in [-0.2, -0.15) is 0 Å². The fraction of sp³-hybridized carbons (Fsp3) is 0.471. The van der Waals surface area contributed by atoms with Crippen LogP contribution in [0, 0.1) is 29.0 Å². The maximum absolute atomic E-state index is 13.3. The van der Waals surface area contributed by atoms with E-state index in [0.717, 1.165) is 12.8 Å². The van der Waals surface area contributed by atoms with Gasteiger partial charge in [0, 0.05) is 12.1 Å². The van der Waals surface area contributed by atoms with Crippen LogP contribution < -0.4 is 5.32 Å². The Morgan fingerprint density at radius 3 is 2.76 bits per heavy atom. The minimum absolute atomic E-state index is 0.215. The van der Waals surface area contributed by atoms with Crippen LogP contribution in [0.3, 0.4) is 0 Å². The number of carbonyl (C=O) groups excluding carboxylic acids is 1. The minimum atomic E-state index is -0.449. The van der Waals surface area contributed by atoms with Gasteiger partial charge in [-0.1, -0.05) is 25.7 Å². The number of amides is 1. The third-order valence-corrected chi connectivity index (χ3v) is 4.25. The summed E-state index contributed by atoms with van der Waals surface area (Å²) in [6.45, 7) is 4.63. The van der Waals surface area contributed by atoms with Crippen molar-refractivity contribution in [2.24, 2.45) is 11.3 Å². The molecule has 1 aromatic carbocycles. The van der Waals surface area contributed by atoms with Crippen LogP contribution in [0.4, 0.5) is 4.39 Å². The van der Waals surface area contributed by atoms with E-state index in [1.54, 1.807) is 0 Å². The van der Waals surface area contributed by atoms with Crippen LogP contribution in [-0.2, 0) is 0 Å². The number of halogens is 1. The molecule has 0 aromatic heterocycles. The van der Waals surface area contributed by atoms with Gasteiger partial charge in [0.05, 0.1) is 5.56 Å². The second-order valence-electron chi connectivity index (χ2n) is 5.85. The number of aliphatic hydroxyl groups is 1. The molecule has 1 amide bonds. The fourth-order valence-electron chi connectivity index (χ4n) is 2.42. The molecule has 0 radical (unpaired) electrons. The van der Waals surface area contributed by atoms with E-state index in [-0.39, 0.29) is 17.9 Å². The first-order chi connectivity index (χ1) is 9.98. The van der Waals surface area contributed by atoms with Crippen LogP contribution in [-0.4, -0.2) is 24.2 Å². The van der Waals surface area contributed by atoms with Crippen LogP contribution in [0.15, 0.2) is 18.2 Å². The smallest absolute Gasteiger partial charge is 0.252 e. The highest BCUT2D eigenvalue weighted by atomic mass is 19.1. The molecule has 112 valence electrons. The molecule has 0 saturated heterocycles. The van der Waals surface area contributed by atoms with Crippen LogP contribution in [0.1, 0.15) is 42.6 Å². The zero-order valence-electron chi connectivity index (χ0n) is 12.4. The average molecular weight is 289 g/mol. The standard InChI is InChI=1S/C17H20FNO2/c1-12(2)17(7-8-17)11-19-16(21)15-6-5-14(18)10-13(15)4-3-9-20/h5-6,10,12,20H,7-9,11H2,1-2H3,(H,19,21). The van der Waals surface area contributed by atoms with E-state index < -0.39 is 5.82 Å². The molecule has 3 nitrogen and oxygen atoms in total. The fourth-order valence-corrected chi connectivity index (χ4v) is 2.42. The molecule has 1 aliphatic rings. The molecule has 4 heteroatoms. The number of hydrogen-bond donors (Lipinski definition) is 2. The van der Waals surface area contributed by atoms with E-state index >= 15 is 0 Å². The molecular formula is C17H20FNO2. The molecular weight excluding hydrogens is 269 g/mol. The second kappa shape index (κ2) is 6.28. The number of nitrogens with one attached hydrogen (secondary N) is 1. The van der Waals surface area contributed by atoms with E-state index in [0.29, 0.717) is 23.6 Å². The maximum atomic E-state index is 13.3. The topological polar surface area (TPSA) is 49.3 Å². The zero-order chi connectivity index (χ0) is 15.5. The summed E-state index contributed by atoms with van der Waals surface area (Å²) in [5.41, 5.74) is 0.861. The van der Waals surface area contributed by atoms with E-state index in [1.807, 2.05) is 0 Å². The van der Waals surface area contributed by atoms with Crippen LogP contribution in [0.25, 0.3) is 0 Å². The molecule has 0 aliphatic heterocycles. The molecule has 1 saturated carbocycles. The summed E-state index contributed by atoms with van der Waals surface area (Å²) in [7, 11) is 0. The highest BCUT2D eigenvalue weighted by molar-refractivity contribution is 5.96. The Labute approximate surface area is 124 Å². The van der Waals surface area contributed by atoms with Crippen molar-refractivity contribution in [2.45, 2.75) is 26.7 Å². The number of carbonyl (C=O) groups is 1. The number of rotatable bonds is 4. The van der Waals surface area contributed by atoms with Crippen molar-refractivity contribution in [3.8, 4) is 11.8 Å². The van der Waals surface area contributed by atoms with Crippen molar-refractivity contribution in [3.63, 3.8) is 0 Å². The van der Waals surface area contributed by atoms with E-state index in [4.69, 9.17) is 5.11 Å². The zero-order valence-corrected chi connectivity index (χ0v) is 12.4. The van der Waals surface area contributed by atoms with Crippen LogP contribution >= 0.6 is 0 Å². The summed E-state index contributed by atoms with van der Waals surface area (Å²) >= 11 is 0. The summed E-state index contributed by atoms with van der Waals surface area (Å²) < 4.78 is 13.3. The molecule has 0 spiro atoms. The summed E-state index contributed by atoms with van der Waals surface area (Å²) in [4.78, 5) is 12.3. The van der Waals surface area contributed by atoms with Crippen molar-refractivity contribution < 1.29 is 14.3 Å². The Morgan fingerprint density at radius 1 is 1.48 bits per heavy atom. The lowest BCUT2D eigenvalue weighted by molar-refractivity contribution is 0.0939. The molecule has 1 aromatic rings. The Balaban J connectivity index is 2.12. The molecule has 0 atom stereocenters. The SMILES string of the molecule is CC(C)C1(CNC(=O)c2ccc(F)cc2C#CCO)CC1. The highest BCUT2D eigenvalue weighted by Gasteiger charge is 2.45. The van der Waals surface area contributed by atoms with E-state index in [2.05, 4.69) is 31.0 Å². The Morgan fingerprint density at radius 2 is 2.19 bits per heavy atom. The van der Waals surface area contributed by atoms with Crippen molar-refractivity contribution in [1.82, 2.24) is 5.32 Å². The monoisotopic (exact) mass is 289 g/mol. The Hall–Kier alpha value is -1.86. The molecule has 21 heavy (non-hydrogen) atoms. The molecule has 1 fully saturated rings. The maximum Gasteiger partial charge on any atom is 0.252 e. The lowest BCUT2D eigenvalue weighted by Crippen LogP contribution is -2.33. The van der Waals surface area contributed by atoms with Gasteiger partial charge in [0.15, 0.2) is 0 Å². The van der Waals surface area contributed by atoms with E-state index in [9.17, 15) is 9.18 Å². The number of hydrogen-bond acceptors (Lipinski definition) is 2. The predicted octanol–water partition coefficient (Wildman–Crippen LogP) is 2.34. The van der Waals surface area contributed by atoms with Crippen LogP contribution in [0.2, 0.25) is 0 Å². The quantitative estimate of drug-likeness (QED) is 0.836. The molecule has 0 unspecified atom stereocenters. The normalized spacial score (nSPS) is 15.3. The summed E-state index contributed by atoms with van der Waals surface area (Å²) in [5.74, 6) is 4.90. The van der Waals surface area contributed by atoms with E-state index in [1.165, 1.54) is 18.2 Å². The van der Waals surface area contributed by atoms with Gasteiger partial charge in [-0.25, -0.2) is 4.39 Å². The number of benzene rings is 1. The highest BCUT2D eigenvalue weighted by Crippen LogP contribution is 2.51. The Bertz CT molecular complexity index is 595. The van der Waals surface area contributed by atoms with Gasteiger partial charge < -0.3 is 10.4 Å². The largest absolute Gasteiger partial charge is 0.384 e. The minimum Gasteiger partial charge on any atom is -0.384 e. The van der Waals surface area contributed by atoms with Gasteiger partial charge in [0.25, 0.3) is 5.91 Å². The number of aliphatic hydroxyl groups excluding tert-OH is 1. The predicted molar refractivity (Wildman–Crippen MR) is 79.2 cm³/mol. The van der Waals surface area contributed by atoms with Crippen molar-refractivity contribution in [1.29, 1.82) is 0 Å². The summed E-state index contributed by atoms with van der Waals surface area (Å²) in [6, 6.07) is 3.89. The first-order valence-corrected chi connectivity index (χ1v) is 7.16. The van der Waals surface area contributed by atoms with Gasteiger partial charge in [-0.05, 0) is 42.4 Å².